The minimum Gasteiger partial charge on any atom is -0.425 e. The first-order valence-corrected chi connectivity index (χ1v) is 5.62. The number of aromatic nitrogens is 2. The molecule has 0 unspecified atom stereocenters. The van der Waals surface area contributed by atoms with Gasteiger partial charge in [0.25, 0.3) is 5.69 Å². The van der Waals surface area contributed by atoms with Crippen LogP contribution in [0.3, 0.4) is 0 Å². The lowest BCUT2D eigenvalue weighted by Gasteiger charge is -1.97. The average Bonchev–Trinajstić information content (AvgIpc) is 2.78. The normalized spacial score (nSPS) is 10.8. The van der Waals surface area contributed by atoms with Crippen molar-refractivity contribution in [2.75, 3.05) is 0 Å². The second kappa shape index (κ2) is 4.95. The molecular formula is C12H13N3O3. The Morgan fingerprint density at radius 2 is 1.94 bits per heavy atom. The van der Waals surface area contributed by atoms with Crippen LogP contribution in [0.2, 0.25) is 0 Å². The fourth-order valence-corrected chi connectivity index (χ4v) is 1.48. The predicted molar refractivity (Wildman–Crippen MR) is 64.3 cm³/mol. The fourth-order valence-electron chi connectivity index (χ4n) is 1.48. The maximum Gasteiger partial charge on any atom is 0.269 e. The summed E-state index contributed by atoms with van der Waals surface area (Å²) in [5.41, 5.74) is 0.978. The lowest BCUT2D eigenvalue weighted by atomic mass is 10.1. The topological polar surface area (TPSA) is 82.1 Å². The van der Waals surface area contributed by atoms with Gasteiger partial charge in [0, 0.05) is 18.1 Å². The molecule has 6 nitrogen and oxygen atoms in total. The van der Waals surface area contributed by atoms with E-state index in [1.165, 1.54) is 12.1 Å². The van der Waals surface area contributed by atoms with Gasteiger partial charge in [0.15, 0.2) is 0 Å². The first-order chi connectivity index (χ1) is 8.56. The summed E-state index contributed by atoms with van der Waals surface area (Å²) in [5, 5.41) is 18.4. The standard InChI is InChI=1S/C12H13N3O3/c1-8(2)12-14-13-11(18-12)7-9-3-5-10(6-4-9)15(16)17/h3-6,8H,7H2,1-2H3. The molecule has 0 bridgehead atoms. The van der Waals surface area contributed by atoms with Gasteiger partial charge < -0.3 is 4.42 Å². The number of hydrogen-bond acceptors (Lipinski definition) is 5. The van der Waals surface area contributed by atoms with Gasteiger partial charge in [-0.15, -0.1) is 10.2 Å². The number of nitro groups is 1. The smallest absolute Gasteiger partial charge is 0.269 e. The van der Waals surface area contributed by atoms with Gasteiger partial charge in [-0.3, -0.25) is 10.1 Å². The summed E-state index contributed by atoms with van der Waals surface area (Å²) in [7, 11) is 0. The Balaban J connectivity index is 2.10. The number of non-ortho nitro benzene ring substituents is 1. The molecule has 94 valence electrons. The third-order valence-corrected chi connectivity index (χ3v) is 2.48. The highest BCUT2D eigenvalue weighted by Gasteiger charge is 2.11. The third-order valence-electron chi connectivity index (χ3n) is 2.48. The van der Waals surface area contributed by atoms with E-state index in [1.54, 1.807) is 12.1 Å². The van der Waals surface area contributed by atoms with E-state index in [9.17, 15) is 10.1 Å². The zero-order chi connectivity index (χ0) is 13.1. The minimum atomic E-state index is -0.423. The van der Waals surface area contributed by atoms with Gasteiger partial charge in [0.05, 0.1) is 11.3 Å². The highest BCUT2D eigenvalue weighted by Crippen LogP contribution is 2.17. The predicted octanol–water partition coefficient (Wildman–Crippen LogP) is 2.69. The van der Waals surface area contributed by atoms with Gasteiger partial charge in [-0.1, -0.05) is 26.0 Å². The van der Waals surface area contributed by atoms with Crippen molar-refractivity contribution in [3.8, 4) is 0 Å². The maximum absolute atomic E-state index is 10.5. The van der Waals surface area contributed by atoms with Crippen LogP contribution in [0.5, 0.6) is 0 Å². The lowest BCUT2D eigenvalue weighted by molar-refractivity contribution is -0.384. The summed E-state index contributed by atoms with van der Waals surface area (Å²) in [5.74, 6) is 1.32. The molecule has 0 spiro atoms. The minimum absolute atomic E-state index is 0.0761. The molecule has 6 heteroatoms. The number of hydrogen-bond donors (Lipinski definition) is 0. The average molecular weight is 247 g/mol. The van der Waals surface area contributed by atoms with E-state index in [2.05, 4.69) is 10.2 Å². The van der Waals surface area contributed by atoms with Crippen molar-refractivity contribution >= 4 is 5.69 Å². The summed E-state index contributed by atoms with van der Waals surface area (Å²) < 4.78 is 5.47. The van der Waals surface area contributed by atoms with E-state index in [-0.39, 0.29) is 11.6 Å². The van der Waals surface area contributed by atoms with E-state index >= 15 is 0 Å². The molecule has 1 aromatic carbocycles. The van der Waals surface area contributed by atoms with Gasteiger partial charge in [-0.2, -0.15) is 0 Å². The van der Waals surface area contributed by atoms with Crippen LogP contribution in [-0.2, 0) is 6.42 Å². The summed E-state index contributed by atoms with van der Waals surface area (Å²) in [6.07, 6.45) is 0.484. The first kappa shape index (κ1) is 12.2. The van der Waals surface area contributed by atoms with Crippen molar-refractivity contribution in [3.63, 3.8) is 0 Å². The Hall–Kier alpha value is -2.24. The molecule has 0 fully saturated rings. The highest BCUT2D eigenvalue weighted by atomic mass is 16.6. The molecule has 1 aromatic heterocycles. The van der Waals surface area contributed by atoms with E-state index in [1.807, 2.05) is 13.8 Å². The molecule has 0 saturated carbocycles. The van der Waals surface area contributed by atoms with Gasteiger partial charge in [-0.05, 0) is 5.56 Å². The van der Waals surface area contributed by atoms with Crippen molar-refractivity contribution in [1.29, 1.82) is 0 Å². The molecule has 0 aliphatic rings. The third kappa shape index (κ3) is 2.71. The Bertz CT molecular complexity index is 546. The molecular weight excluding hydrogens is 234 g/mol. The summed E-state index contributed by atoms with van der Waals surface area (Å²) in [6, 6.07) is 6.32. The van der Waals surface area contributed by atoms with Crippen LogP contribution >= 0.6 is 0 Å². The second-order valence-corrected chi connectivity index (χ2v) is 4.29. The zero-order valence-electron chi connectivity index (χ0n) is 10.2. The molecule has 1 heterocycles. The molecule has 0 saturated heterocycles. The number of nitro benzene ring substituents is 1. The molecule has 0 radical (unpaired) electrons. The van der Waals surface area contributed by atoms with E-state index in [0.29, 0.717) is 18.2 Å². The van der Waals surface area contributed by atoms with Crippen LogP contribution < -0.4 is 0 Å². The molecule has 0 N–H and O–H groups in total. The fraction of sp³-hybridized carbons (Fsp3) is 0.333. The molecule has 2 rings (SSSR count). The SMILES string of the molecule is CC(C)c1nnc(Cc2ccc([N+](=O)[O-])cc2)o1. The Kier molecular flexibility index (Phi) is 3.36. The summed E-state index contributed by atoms with van der Waals surface area (Å²) in [4.78, 5) is 10.1. The molecule has 0 aliphatic carbocycles. The molecule has 2 aromatic rings. The lowest BCUT2D eigenvalue weighted by Crippen LogP contribution is -1.91. The van der Waals surface area contributed by atoms with Crippen LogP contribution in [-0.4, -0.2) is 15.1 Å². The van der Waals surface area contributed by atoms with Crippen LogP contribution in [0.15, 0.2) is 28.7 Å². The Morgan fingerprint density at radius 1 is 1.28 bits per heavy atom. The van der Waals surface area contributed by atoms with E-state index in [4.69, 9.17) is 4.42 Å². The van der Waals surface area contributed by atoms with Gasteiger partial charge in [0.1, 0.15) is 0 Å². The maximum atomic E-state index is 10.5. The first-order valence-electron chi connectivity index (χ1n) is 5.62. The van der Waals surface area contributed by atoms with Gasteiger partial charge in [-0.25, -0.2) is 0 Å². The van der Waals surface area contributed by atoms with Crippen LogP contribution in [0.4, 0.5) is 5.69 Å². The molecule has 18 heavy (non-hydrogen) atoms. The Morgan fingerprint density at radius 3 is 2.44 bits per heavy atom. The highest BCUT2D eigenvalue weighted by molar-refractivity contribution is 5.33. The summed E-state index contributed by atoms with van der Waals surface area (Å²) in [6.45, 7) is 3.95. The largest absolute Gasteiger partial charge is 0.425 e. The van der Waals surface area contributed by atoms with Crippen molar-refractivity contribution in [2.24, 2.45) is 0 Å². The number of rotatable bonds is 4. The van der Waals surface area contributed by atoms with E-state index in [0.717, 1.165) is 5.56 Å². The van der Waals surface area contributed by atoms with Crippen LogP contribution in [0.1, 0.15) is 37.1 Å². The number of nitrogens with zero attached hydrogens (tertiary/aromatic N) is 3. The van der Waals surface area contributed by atoms with Crippen molar-refractivity contribution in [2.45, 2.75) is 26.2 Å². The Labute approximate surface area is 104 Å². The zero-order valence-corrected chi connectivity index (χ0v) is 10.2. The van der Waals surface area contributed by atoms with Crippen LogP contribution in [0, 0.1) is 10.1 Å². The molecule has 0 aliphatic heterocycles. The molecule has 0 amide bonds. The van der Waals surface area contributed by atoms with E-state index < -0.39 is 4.92 Å². The van der Waals surface area contributed by atoms with Crippen molar-refractivity contribution in [1.82, 2.24) is 10.2 Å². The second-order valence-electron chi connectivity index (χ2n) is 4.29. The van der Waals surface area contributed by atoms with Crippen LogP contribution in [0.25, 0.3) is 0 Å². The van der Waals surface area contributed by atoms with Crippen molar-refractivity contribution < 1.29 is 9.34 Å². The quantitative estimate of drug-likeness (QED) is 0.612. The molecule has 0 atom stereocenters. The summed E-state index contributed by atoms with van der Waals surface area (Å²) >= 11 is 0. The van der Waals surface area contributed by atoms with Crippen molar-refractivity contribution in [3.05, 3.63) is 51.7 Å². The van der Waals surface area contributed by atoms with Gasteiger partial charge in [0.2, 0.25) is 11.8 Å². The monoisotopic (exact) mass is 247 g/mol. The van der Waals surface area contributed by atoms with Gasteiger partial charge >= 0.3 is 0 Å². The number of benzene rings is 1.